The molecule has 0 aliphatic rings. The van der Waals surface area contributed by atoms with Gasteiger partial charge in [-0.3, -0.25) is 0 Å². The first kappa shape index (κ1) is 13.4. The summed E-state index contributed by atoms with van der Waals surface area (Å²) < 4.78 is 35.1. The fourth-order valence-corrected chi connectivity index (χ4v) is 1.15. The Morgan fingerprint density at radius 2 is 1.79 bits per heavy atom. The van der Waals surface area contributed by atoms with Crippen LogP contribution >= 0.6 is 0 Å². The van der Waals surface area contributed by atoms with Crippen molar-refractivity contribution in [3.05, 3.63) is 0 Å². The molecule has 14 heavy (non-hydrogen) atoms. The van der Waals surface area contributed by atoms with Crippen LogP contribution in [0, 0.1) is 17.8 Å². The Labute approximate surface area is 83.9 Å². The maximum Gasteiger partial charge on any atom is 0.457 e. The molecule has 0 rings (SSSR count). The van der Waals surface area contributed by atoms with Gasteiger partial charge in [-0.1, -0.05) is 45.5 Å². The van der Waals surface area contributed by atoms with Gasteiger partial charge in [0, 0.05) is 11.8 Å². The van der Waals surface area contributed by atoms with E-state index in [9.17, 15) is 13.2 Å². The van der Waals surface area contributed by atoms with E-state index in [4.69, 9.17) is 0 Å². The quantitative estimate of drug-likeness (QED) is 0.468. The third-order valence-electron chi connectivity index (χ3n) is 1.95. The minimum atomic E-state index is -4.34. The Balaban J connectivity index is 3.63. The molecule has 0 bridgehead atoms. The predicted molar refractivity (Wildman–Crippen MR) is 51.8 cm³/mol. The molecule has 1 atom stereocenters. The lowest BCUT2D eigenvalue weighted by Crippen LogP contribution is -2.03. The summed E-state index contributed by atoms with van der Waals surface area (Å²) in [4.78, 5) is 0. The molecule has 0 aromatic heterocycles. The van der Waals surface area contributed by atoms with Crippen LogP contribution in [0.4, 0.5) is 13.2 Å². The molecule has 82 valence electrons. The smallest absolute Gasteiger partial charge is 0.159 e. The summed E-state index contributed by atoms with van der Waals surface area (Å²) >= 11 is 0. The zero-order valence-corrected chi connectivity index (χ0v) is 8.75. The van der Waals surface area contributed by atoms with E-state index in [1.807, 2.05) is 0 Å². The zero-order chi connectivity index (χ0) is 11.0. The second kappa shape index (κ2) is 6.75. The second-order valence-corrected chi connectivity index (χ2v) is 3.52. The molecule has 0 aliphatic carbocycles. The zero-order valence-electron chi connectivity index (χ0n) is 8.75. The predicted octanol–water partition coefficient (Wildman–Crippen LogP) is 4.16. The molecule has 3 heteroatoms. The van der Waals surface area contributed by atoms with Gasteiger partial charge in [-0.15, -0.1) is 0 Å². The first-order chi connectivity index (χ1) is 6.45. The average Bonchev–Trinajstić information content (AvgIpc) is 2.08. The van der Waals surface area contributed by atoms with Gasteiger partial charge in [-0.05, 0) is 6.42 Å². The van der Waals surface area contributed by atoms with Crippen molar-refractivity contribution in [1.82, 2.24) is 0 Å². The first-order valence-electron chi connectivity index (χ1n) is 5.05. The van der Waals surface area contributed by atoms with Gasteiger partial charge in [0.1, 0.15) is 0 Å². The summed E-state index contributed by atoms with van der Waals surface area (Å²) in [6, 6.07) is 0. The van der Waals surface area contributed by atoms with Crippen molar-refractivity contribution >= 4 is 0 Å². The van der Waals surface area contributed by atoms with Crippen LogP contribution in [0.2, 0.25) is 0 Å². The van der Waals surface area contributed by atoms with E-state index < -0.39 is 6.18 Å². The van der Waals surface area contributed by atoms with Crippen LogP contribution in [-0.2, 0) is 0 Å². The molecule has 0 saturated heterocycles. The molecule has 0 heterocycles. The normalized spacial score (nSPS) is 13.2. The Morgan fingerprint density at radius 1 is 1.14 bits per heavy atom. The lowest BCUT2D eigenvalue weighted by Gasteiger charge is -2.03. The summed E-state index contributed by atoms with van der Waals surface area (Å²) in [5.74, 6) is 3.39. The van der Waals surface area contributed by atoms with E-state index in [0.29, 0.717) is 0 Å². The highest BCUT2D eigenvalue weighted by Crippen LogP contribution is 2.14. The molecule has 0 aromatic rings. The Bertz CT molecular complexity index is 195. The van der Waals surface area contributed by atoms with Crippen molar-refractivity contribution in [3.63, 3.8) is 0 Å². The lowest BCUT2D eigenvalue weighted by molar-refractivity contribution is -0.0698. The van der Waals surface area contributed by atoms with Gasteiger partial charge in [0.2, 0.25) is 0 Å². The standard InChI is InChI=1S/C11H17F3/c1-3-4-5-6-7-10(2)8-9-11(12,13)14/h10H,3-7H2,1-2H3. The van der Waals surface area contributed by atoms with E-state index in [1.54, 1.807) is 6.92 Å². The van der Waals surface area contributed by atoms with Gasteiger partial charge in [-0.2, -0.15) is 13.2 Å². The molecule has 0 aliphatic heterocycles. The molecule has 0 aromatic carbocycles. The van der Waals surface area contributed by atoms with Crippen molar-refractivity contribution < 1.29 is 13.2 Å². The highest BCUT2D eigenvalue weighted by atomic mass is 19.4. The maximum atomic E-state index is 11.7. The SMILES string of the molecule is CCCCCCC(C)C#CC(F)(F)F. The molecule has 0 amide bonds. The minimum Gasteiger partial charge on any atom is -0.159 e. The Morgan fingerprint density at radius 3 is 2.29 bits per heavy atom. The maximum absolute atomic E-state index is 11.7. The monoisotopic (exact) mass is 206 g/mol. The van der Waals surface area contributed by atoms with Gasteiger partial charge in [0.25, 0.3) is 0 Å². The van der Waals surface area contributed by atoms with Gasteiger partial charge in [0.05, 0.1) is 0 Å². The Hall–Kier alpha value is -0.650. The van der Waals surface area contributed by atoms with Gasteiger partial charge < -0.3 is 0 Å². The van der Waals surface area contributed by atoms with Crippen LogP contribution in [-0.4, -0.2) is 6.18 Å². The number of halogens is 3. The summed E-state index contributed by atoms with van der Waals surface area (Å²) in [7, 11) is 0. The number of hydrogen-bond donors (Lipinski definition) is 0. The van der Waals surface area contributed by atoms with E-state index in [1.165, 1.54) is 5.92 Å². The van der Waals surface area contributed by atoms with Crippen LogP contribution in [0.25, 0.3) is 0 Å². The minimum absolute atomic E-state index is 0.145. The third kappa shape index (κ3) is 9.44. The average molecular weight is 206 g/mol. The molecular weight excluding hydrogens is 189 g/mol. The lowest BCUT2D eigenvalue weighted by atomic mass is 10.0. The van der Waals surface area contributed by atoms with Crippen LogP contribution < -0.4 is 0 Å². The molecular formula is C11H17F3. The van der Waals surface area contributed by atoms with E-state index in [0.717, 1.165) is 32.1 Å². The van der Waals surface area contributed by atoms with Crippen molar-refractivity contribution in [1.29, 1.82) is 0 Å². The van der Waals surface area contributed by atoms with Gasteiger partial charge in [-0.25, -0.2) is 0 Å². The molecule has 1 unspecified atom stereocenters. The molecule has 0 saturated carbocycles. The Kier molecular flexibility index (Phi) is 6.44. The van der Waals surface area contributed by atoms with Crippen molar-refractivity contribution in [3.8, 4) is 11.8 Å². The first-order valence-corrected chi connectivity index (χ1v) is 5.05. The fraction of sp³-hybridized carbons (Fsp3) is 0.818. The molecule has 0 N–H and O–H groups in total. The number of unbranched alkanes of at least 4 members (excludes halogenated alkanes) is 3. The highest BCUT2D eigenvalue weighted by Gasteiger charge is 2.23. The molecule has 0 nitrogen and oxygen atoms in total. The second-order valence-electron chi connectivity index (χ2n) is 3.52. The number of alkyl halides is 3. The van der Waals surface area contributed by atoms with Crippen LogP contribution in [0.15, 0.2) is 0 Å². The van der Waals surface area contributed by atoms with Gasteiger partial charge >= 0.3 is 6.18 Å². The molecule has 0 radical (unpaired) electrons. The molecule has 0 fully saturated rings. The van der Waals surface area contributed by atoms with Crippen LogP contribution in [0.3, 0.4) is 0 Å². The van der Waals surface area contributed by atoms with Crippen LogP contribution in [0.1, 0.15) is 46.0 Å². The summed E-state index contributed by atoms with van der Waals surface area (Å²) in [6.45, 7) is 3.84. The van der Waals surface area contributed by atoms with E-state index >= 15 is 0 Å². The van der Waals surface area contributed by atoms with Crippen LogP contribution in [0.5, 0.6) is 0 Å². The summed E-state index contributed by atoms with van der Waals surface area (Å²) in [5, 5.41) is 0. The van der Waals surface area contributed by atoms with E-state index in [2.05, 4.69) is 12.8 Å². The summed E-state index contributed by atoms with van der Waals surface area (Å²) in [6.07, 6.45) is 0.791. The van der Waals surface area contributed by atoms with Crippen molar-refractivity contribution in [2.75, 3.05) is 0 Å². The largest absolute Gasteiger partial charge is 0.457 e. The number of rotatable bonds is 5. The number of hydrogen-bond acceptors (Lipinski definition) is 0. The van der Waals surface area contributed by atoms with Crippen molar-refractivity contribution in [2.45, 2.75) is 52.1 Å². The van der Waals surface area contributed by atoms with Gasteiger partial charge in [0.15, 0.2) is 0 Å². The van der Waals surface area contributed by atoms with E-state index in [-0.39, 0.29) is 5.92 Å². The summed E-state index contributed by atoms with van der Waals surface area (Å²) in [5.41, 5.74) is 0. The fourth-order valence-electron chi connectivity index (χ4n) is 1.15. The topological polar surface area (TPSA) is 0 Å². The molecule has 0 spiro atoms. The van der Waals surface area contributed by atoms with Crippen molar-refractivity contribution in [2.24, 2.45) is 5.92 Å². The third-order valence-corrected chi connectivity index (χ3v) is 1.95. The highest BCUT2D eigenvalue weighted by molar-refractivity contribution is 5.07.